The monoisotopic (exact) mass is 515 g/mol. The molecule has 2 atom stereocenters. The molecule has 198 valence electrons. The van der Waals surface area contributed by atoms with Crippen LogP contribution in [0.2, 0.25) is 0 Å². The zero-order valence-corrected chi connectivity index (χ0v) is 22.1. The van der Waals surface area contributed by atoms with E-state index in [-0.39, 0.29) is 24.3 Å². The van der Waals surface area contributed by atoms with E-state index in [9.17, 15) is 14.4 Å². The summed E-state index contributed by atoms with van der Waals surface area (Å²) < 4.78 is 11.0. The average Bonchev–Trinajstić information content (AvgIpc) is 3.24. The van der Waals surface area contributed by atoms with E-state index in [1.54, 1.807) is 48.5 Å². The van der Waals surface area contributed by atoms with Crippen LogP contribution in [0, 0.1) is 12.8 Å². The lowest BCUT2D eigenvalue weighted by Crippen LogP contribution is -2.47. The fourth-order valence-electron chi connectivity index (χ4n) is 4.30. The second kappa shape index (κ2) is 11.8. The number of carbonyl (C=O) groups is 3. The Kier molecular flexibility index (Phi) is 8.31. The Hall–Kier alpha value is -4.33. The molecule has 0 unspecified atom stereocenters. The molecule has 0 aromatic heterocycles. The molecule has 3 aromatic carbocycles. The summed E-state index contributed by atoms with van der Waals surface area (Å²) in [6.07, 6.45) is -1.34. The molecule has 8 nitrogen and oxygen atoms in total. The quantitative estimate of drug-likeness (QED) is 0.414. The molecular formula is C30H33N3O5. The maximum atomic E-state index is 13.3. The summed E-state index contributed by atoms with van der Waals surface area (Å²) >= 11 is 0. The molecule has 2 N–H and O–H groups in total. The van der Waals surface area contributed by atoms with Gasteiger partial charge in [0.05, 0.1) is 19.2 Å². The summed E-state index contributed by atoms with van der Waals surface area (Å²) in [5, 5.41) is 5.81. The number of nitrogens with zero attached hydrogens (tertiary/aromatic N) is 1. The third kappa shape index (κ3) is 6.14. The van der Waals surface area contributed by atoms with E-state index in [0.717, 1.165) is 11.1 Å². The molecule has 1 fully saturated rings. The van der Waals surface area contributed by atoms with E-state index in [2.05, 4.69) is 10.6 Å². The van der Waals surface area contributed by atoms with Gasteiger partial charge in [-0.15, -0.1) is 0 Å². The molecule has 1 saturated heterocycles. The minimum Gasteiger partial charge on any atom is -0.496 e. The second-order valence-corrected chi connectivity index (χ2v) is 9.78. The fourth-order valence-corrected chi connectivity index (χ4v) is 4.30. The van der Waals surface area contributed by atoms with Crippen molar-refractivity contribution in [3.63, 3.8) is 0 Å². The number of cyclic esters (lactones) is 1. The Morgan fingerprint density at radius 1 is 1.00 bits per heavy atom. The first kappa shape index (κ1) is 26.7. The minimum absolute atomic E-state index is 0.252. The van der Waals surface area contributed by atoms with Gasteiger partial charge in [-0.25, -0.2) is 4.79 Å². The van der Waals surface area contributed by atoms with Gasteiger partial charge in [-0.2, -0.15) is 0 Å². The molecule has 3 amide bonds. The summed E-state index contributed by atoms with van der Waals surface area (Å²) in [6, 6.07) is 20.9. The molecule has 1 aliphatic heterocycles. The van der Waals surface area contributed by atoms with Gasteiger partial charge >= 0.3 is 6.09 Å². The van der Waals surface area contributed by atoms with Gasteiger partial charge in [0.15, 0.2) is 12.1 Å². The summed E-state index contributed by atoms with van der Waals surface area (Å²) in [7, 11) is 1.51. The Morgan fingerprint density at radius 3 is 2.34 bits per heavy atom. The van der Waals surface area contributed by atoms with Gasteiger partial charge in [0.25, 0.3) is 5.91 Å². The lowest BCUT2D eigenvalue weighted by molar-refractivity contribution is -0.126. The Balaban J connectivity index is 1.55. The van der Waals surface area contributed by atoms with Crippen molar-refractivity contribution in [2.24, 2.45) is 5.92 Å². The van der Waals surface area contributed by atoms with Crippen LogP contribution in [0.1, 0.15) is 47.0 Å². The molecule has 38 heavy (non-hydrogen) atoms. The molecule has 4 rings (SSSR count). The van der Waals surface area contributed by atoms with Crippen molar-refractivity contribution in [1.82, 2.24) is 10.2 Å². The third-order valence-corrected chi connectivity index (χ3v) is 6.36. The van der Waals surface area contributed by atoms with Crippen LogP contribution < -0.4 is 15.4 Å². The summed E-state index contributed by atoms with van der Waals surface area (Å²) in [5.41, 5.74) is 3.65. The second-order valence-electron chi connectivity index (χ2n) is 9.78. The van der Waals surface area contributed by atoms with Crippen molar-refractivity contribution >= 4 is 23.6 Å². The third-order valence-electron chi connectivity index (χ3n) is 6.36. The van der Waals surface area contributed by atoms with Gasteiger partial charge < -0.3 is 20.1 Å². The van der Waals surface area contributed by atoms with Crippen molar-refractivity contribution in [2.45, 2.75) is 39.5 Å². The zero-order chi connectivity index (χ0) is 27.2. The van der Waals surface area contributed by atoms with Crippen molar-refractivity contribution in [2.75, 3.05) is 19.0 Å². The Bertz CT molecular complexity index is 1290. The molecule has 0 spiro atoms. The van der Waals surface area contributed by atoms with E-state index >= 15 is 0 Å². The van der Waals surface area contributed by atoms with Crippen LogP contribution in [0.3, 0.4) is 0 Å². The van der Waals surface area contributed by atoms with Crippen LogP contribution in [0.15, 0.2) is 72.8 Å². The van der Waals surface area contributed by atoms with Gasteiger partial charge in [0.1, 0.15) is 5.75 Å². The van der Waals surface area contributed by atoms with Crippen LogP contribution >= 0.6 is 0 Å². The summed E-state index contributed by atoms with van der Waals surface area (Å²) in [4.78, 5) is 40.5. The standard InChI is InChI=1S/C30H33N3O5/c1-19(2)17-31-29(35)26-27(38-30(36)33(26)18-21-11-9-20(3)10-12-21)22-13-15-23(16-14-22)32-28(34)24-7-5-6-8-25(24)37-4/h5-16,19,26-27H,17-18H2,1-4H3,(H,31,35)(H,32,34)/t26-,27+/m0/s1. The molecule has 1 aliphatic rings. The van der Waals surface area contributed by atoms with Crippen LogP contribution in [0.4, 0.5) is 10.5 Å². The molecule has 3 aromatic rings. The molecule has 0 saturated carbocycles. The number of aryl methyl sites for hydroxylation is 1. The van der Waals surface area contributed by atoms with E-state index in [4.69, 9.17) is 9.47 Å². The number of amides is 3. The SMILES string of the molecule is COc1ccccc1C(=O)Nc1ccc([C@H]2OC(=O)N(Cc3ccc(C)cc3)[C@@H]2C(=O)NCC(C)C)cc1. The summed E-state index contributed by atoms with van der Waals surface area (Å²) in [5.74, 6) is 0.156. The van der Waals surface area contributed by atoms with Gasteiger partial charge in [-0.05, 0) is 48.2 Å². The van der Waals surface area contributed by atoms with Crippen molar-refractivity contribution in [1.29, 1.82) is 0 Å². The molecule has 0 bridgehead atoms. The van der Waals surface area contributed by atoms with E-state index in [1.165, 1.54) is 12.0 Å². The molecule has 0 radical (unpaired) electrons. The molecule has 0 aliphatic carbocycles. The highest BCUT2D eigenvalue weighted by molar-refractivity contribution is 6.06. The topological polar surface area (TPSA) is 97.0 Å². The number of ether oxygens (including phenoxy) is 2. The highest BCUT2D eigenvalue weighted by Crippen LogP contribution is 2.34. The minimum atomic E-state index is -0.837. The predicted molar refractivity (Wildman–Crippen MR) is 145 cm³/mol. The number of benzene rings is 3. The maximum Gasteiger partial charge on any atom is 0.411 e. The van der Waals surface area contributed by atoms with Crippen LogP contribution in [0.25, 0.3) is 0 Å². The largest absolute Gasteiger partial charge is 0.496 e. The number of anilines is 1. The summed E-state index contributed by atoms with van der Waals surface area (Å²) in [6.45, 7) is 6.76. The number of methoxy groups -OCH3 is 1. The zero-order valence-electron chi connectivity index (χ0n) is 22.1. The number of carbonyl (C=O) groups excluding carboxylic acids is 3. The lowest BCUT2D eigenvalue weighted by atomic mass is 10.00. The number of hydrogen-bond donors (Lipinski definition) is 2. The number of para-hydroxylation sites is 1. The van der Waals surface area contributed by atoms with Gasteiger partial charge in [0.2, 0.25) is 5.91 Å². The molecule has 8 heteroatoms. The first-order chi connectivity index (χ1) is 18.3. The maximum absolute atomic E-state index is 13.3. The molecular weight excluding hydrogens is 482 g/mol. The molecule has 1 heterocycles. The highest BCUT2D eigenvalue weighted by atomic mass is 16.6. The first-order valence-electron chi connectivity index (χ1n) is 12.6. The van der Waals surface area contributed by atoms with Gasteiger partial charge in [-0.3, -0.25) is 14.5 Å². The normalized spacial score (nSPS) is 16.8. The Labute approximate surface area is 222 Å². The van der Waals surface area contributed by atoms with Crippen LogP contribution in [0.5, 0.6) is 5.75 Å². The Morgan fingerprint density at radius 2 is 1.68 bits per heavy atom. The fraction of sp³-hybridized carbons (Fsp3) is 0.300. The van der Waals surface area contributed by atoms with E-state index in [1.807, 2.05) is 45.0 Å². The number of rotatable bonds is 9. The number of nitrogens with one attached hydrogen (secondary N) is 2. The van der Waals surface area contributed by atoms with Gasteiger partial charge in [-0.1, -0.05) is 67.9 Å². The van der Waals surface area contributed by atoms with E-state index in [0.29, 0.717) is 29.1 Å². The van der Waals surface area contributed by atoms with Crippen LogP contribution in [-0.4, -0.2) is 42.5 Å². The predicted octanol–water partition coefficient (Wildman–Crippen LogP) is 5.09. The number of hydrogen-bond acceptors (Lipinski definition) is 5. The smallest absolute Gasteiger partial charge is 0.411 e. The highest BCUT2D eigenvalue weighted by Gasteiger charge is 2.46. The van der Waals surface area contributed by atoms with Crippen molar-refractivity contribution in [3.05, 3.63) is 95.1 Å². The lowest BCUT2D eigenvalue weighted by Gasteiger charge is -2.24. The van der Waals surface area contributed by atoms with Crippen molar-refractivity contribution in [3.8, 4) is 5.75 Å². The first-order valence-corrected chi connectivity index (χ1v) is 12.6. The average molecular weight is 516 g/mol. The van der Waals surface area contributed by atoms with Gasteiger partial charge in [0, 0.05) is 12.2 Å². The van der Waals surface area contributed by atoms with Crippen molar-refractivity contribution < 1.29 is 23.9 Å². The van der Waals surface area contributed by atoms with Crippen LogP contribution in [-0.2, 0) is 16.1 Å². The van der Waals surface area contributed by atoms with E-state index < -0.39 is 18.2 Å².